The molecule has 0 aliphatic heterocycles. The molecule has 1 aromatic carbocycles. The fourth-order valence-electron chi connectivity index (χ4n) is 1.68. The van der Waals surface area contributed by atoms with Crippen LogP contribution in [0, 0.1) is 15.9 Å². The van der Waals surface area contributed by atoms with Gasteiger partial charge >= 0.3 is 5.69 Å². The van der Waals surface area contributed by atoms with E-state index < -0.39 is 4.92 Å². The van der Waals surface area contributed by atoms with Crippen LogP contribution < -0.4 is 11.5 Å². The highest BCUT2D eigenvalue weighted by molar-refractivity contribution is 5.60. The van der Waals surface area contributed by atoms with Crippen molar-refractivity contribution in [1.29, 1.82) is 0 Å². The van der Waals surface area contributed by atoms with Gasteiger partial charge in [0.1, 0.15) is 11.6 Å². The van der Waals surface area contributed by atoms with Crippen LogP contribution in [0.4, 0.5) is 21.7 Å². The minimum absolute atomic E-state index is 0.132. The predicted molar refractivity (Wildman–Crippen MR) is 68.9 cm³/mol. The number of aromatic nitrogens is 1. The zero-order valence-electron chi connectivity index (χ0n) is 9.84. The summed E-state index contributed by atoms with van der Waals surface area (Å²) in [5.41, 5.74) is 12.1. The number of halogens is 1. The summed E-state index contributed by atoms with van der Waals surface area (Å²) in [6.45, 7) is 0. The Hall–Kier alpha value is -2.70. The maximum absolute atomic E-state index is 12.8. The standard InChI is InChI=1S/C12H11FN4O2/c13-9-3-1-7(2-4-9)5-8-6-10(17(18)19)12(15)16-11(8)14/h1-4,6H,5H2,(H4,14,15,16). The van der Waals surface area contributed by atoms with Crippen molar-refractivity contribution in [2.24, 2.45) is 0 Å². The molecule has 19 heavy (non-hydrogen) atoms. The molecule has 0 atom stereocenters. The normalized spacial score (nSPS) is 10.4. The molecule has 6 nitrogen and oxygen atoms in total. The van der Waals surface area contributed by atoms with Gasteiger partial charge in [-0.3, -0.25) is 10.1 Å². The average molecular weight is 262 g/mol. The molecule has 2 aromatic rings. The second-order valence-corrected chi connectivity index (χ2v) is 4.00. The molecule has 0 amide bonds. The van der Waals surface area contributed by atoms with Crippen molar-refractivity contribution < 1.29 is 9.31 Å². The molecule has 98 valence electrons. The fraction of sp³-hybridized carbons (Fsp3) is 0.0833. The van der Waals surface area contributed by atoms with Gasteiger partial charge in [0, 0.05) is 18.1 Å². The van der Waals surface area contributed by atoms with Gasteiger partial charge in [-0.05, 0) is 17.7 Å². The Morgan fingerprint density at radius 1 is 1.21 bits per heavy atom. The molecular weight excluding hydrogens is 251 g/mol. The number of hydrogen-bond acceptors (Lipinski definition) is 5. The number of nitrogens with zero attached hydrogens (tertiary/aromatic N) is 2. The third kappa shape index (κ3) is 2.76. The van der Waals surface area contributed by atoms with E-state index in [2.05, 4.69) is 4.98 Å². The van der Waals surface area contributed by atoms with E-state index >= 15 is 0 Å². The molecule has 4 N–H and O–H groups in total. The highest BCUT2D eigenvalue weighted by atomic mass is 19.1. The SMILES string of the molecule is Nc1nc(N)c([N+](=O)[O-])cc1Cc1ccc(F)cc1. The van der Waals surface area contributed by atoms with E-state index in [9.17, 15) is 14.5 Å². The molecule has 1 heterocycles. The van der Waals surface area contributed by atoms with E-state index in [1.807, 2.05) is 0 Å². The summed E-state index contributed by atoms with van der Waals surface area (Å²) in [6, 6.07) is 7.07. The van der Waals surface area contributed by atoms with Crippen LogP contribution in [-0.2, 0) is 6.42 Å². The first kappa shape index (κ1) is 12.7. The Kier molecular flexibility index (Phi) is 3.28. The summed E-state index contributed by atoms with van der Waals surface area (Å²) < 4.78 is 12.8. The molecule has 0 bridgehead atoms. The molecule has 7 heteroatoms. The van der Waals surface area contributed by atoms with Gasteiger partial charge in [-0.1, -0.05) is 12.1 Å². The molecule has 0 spiro atoms. The minimum atomic E-state index is -0.615. The predicted octanol–water partition coefficient (Wildman–Crippen LogP) is 1.88. The summed E-state index contributed by atoms with van der Waals surface area (Å²) >= 11 is 0. The van der Waals surface area contributed by atoms with Crippen molar-refractivity contribution in [3.05, 3.63) is 57.4 Å². The number of nitrogen functional groups attached to an aromatic ring is 2. The monoisotopic (exact) mass is 262 g/mol. The van der Waals surface area contributed by atoms with Crippen molar-refractivity contribution >= 4 is 17.3 Å². The van der Waals surface area contributed by atoms with Crippen molar-refractivity contribution in [2.45, 2.75) is 6.42 Å². The van der Waals surface area contributed by atoms with Crippen LogP contribution >= 0.6 is 0 Å². The van der Waals surface area contributed by atoms with Gasteiger partial charge in [0.15, 0.2) is 0 Å². The van der Waals surface area contributed by atoms with Gasteiger partial charge in [0.05, 0.1) is 4.92 Å². The van der Waals surface area contributed by atoms with Crippen LogP contribution in [0.15, 0.2) is 30.3 Å². The second kappa shape index (κ2) is 4.89. The molecule has 1 aromatic heterocycles. The Labute approximate surface area is 108 Å². The van der Waals surface area contributed by atoms with Crippen LogP contribution in [0.2, 0.25) is 0 Å². The van der Waals surface area contributed by atoms with E-state index in [-0.39, 0.29) is 23.1 Å². The highest BCUT2D eigenvalue weighted by Gasteiger charge is 2.16. The van der Waals surface area contributed by atoms with E-state index in [0.717, 1.165) is 5.56 Å². The quantitative estimate of drug-likeness (QED) is 0.648. The number of hydrogen-bond donors (Lipinski definition) is 2. The summed E-state index contributed by atoms with van der Waals surface area (Å²) in [5.74, 6) is -0.434. The number of nitro groups is 1. The fourth-order valence-corrected chi connectivity index (χ4v) is 1.68. The zero-order chi connectivity index (χ0) is 14.0. The number of pyridine rings is 1. The number of benzene rings is 1. The first-order valence-corrected chi connectivity index (χ1v) is 5.41. The Balaban J connectivity index is 2.37. The average Bonchev–Trinajstić information content (AvgIpc) is 2.34. The van der Waals surface area contributed by atoms with Gasteiger partial charge in [-0.2, -0.15) is 0 Å². The van der Waals surface area contributed by atoms with Crippen LogP contribution in [0.25, 0.3) is 0 Å². The smallest absolute Gasteiger partial charge is 0.311 e. The summed E-state index contributed by atoms with van der Waals surface area (Å²) in [4.78, 5) is 13.9. The highest BCUT2D eigenvalue weighted by Crippen LogP contribution is 2.25. The van der Waals surface area contributed by atoms with Crippen LogP contribution in [0.5, 0.6) is 0 Å². The topological polar surface area (TPSA) is 108 Å². The zero-order valence-corrected chi connectivity index (χ0v) is 9.84. The molecular formula is C12H11FN4O2. The van der Waals surface area contributed by atoms with Gasteiger partial charge in [0.2, 0.25) is 5.82 Å². The molecule has 0 unspecified atom stereocenters. The molecule has 0 fully saturated rings. The van der Waals surface area contributed by atoms with E-state index in [0.29, 0.717) is 12.0 Å². The number of rotatable bonds is 3. The third-order valence-electron chi connectivity index (χ3n) is 2.65. The molecule has 0 radical (unpaired) electrons. The minimum Gasteiger partial charge on any atom is -0.383 e. The summed E-state index contributed by atoms with van der Waals surface area (Å²) in [5, 5.41) is 10.8. The molecule has 0 saturated carbocycles. The Morgan fingerprint density at radius 2 is 1.84 bits per heavy atom. The molecule has 2 rings (SSSR count). The lowest BCUT2D eigenvalue weighted by Gasteiger charge is -2.06. The van der Waals surface area contributed by atoms with Crippen LogP contribution in [-0.4, -0.2) is 9.91 Å². The van der Waals surface area contributed by atoms with Gasteiger partial charge < -0.3 is 11.5 Å². The largest absolute Gasteiger partial charge is 0.383 e. The van der Waals surface area contributed by atoms with Crippen molar-refractivity contribution in [3.63, 3.8) is 0 Å². The van der Waals surface area contributed by atoms with Crippen molar-refractivity contribution in [3.8, 4) is 0 Å². The third-order valence-corrected chi connectivity index (χ3v) is 2.65. The first-order chi connectivity index (χ1) is 8.97. The molecule has 0 aliphatic carbocycles. The van der Waals surface area contributed by atoms with E-state index in [4.69, 9.17) is 11.5 Å². The van der Waals surface area contributed by atoms with E-state index in [1.54, 1.807) is 12.1 Å². The van der Waals surface area contributed by atoms with Crippen molar-refractivity contribution in [2.75, 3.05) is 11.5 Å². The summed E-state index contributed by atoms with van der Waals surface area (Å²) in [7, 11) is 0. The maximum atomic E-state index is 12.8. The number of nitrogens with two attached hydrogens (primary N) is 2. The lowest BCUT2D eigenvalue weighted by molar-refractivity contribution is -0.384. The van der Waals surface area contributed by atoms with Gasteiger partial charge in [0.25, 0.3) is 0 Å². The Bertz CT molecular complexity index is 628. The first-order valence-electron chi connectivity index (χ1n) is 5.41. The lowest BCUT2D eigenvalue weighted by atomic mass is 10.1. The summed E-state index contributed by atoms with van der Waals surface area (Å²) in [6.07, 6.45) is 0.320. The Morgan fingerprint density at radius 3 is 2.42 bits per heavy atom. The van der Waals surface area contributed by atoms with Gasteiger partial charge in [-0.15, -0.1) is 0 Å². The molecule has 0 saturated heterocycles. The lowest BCUT2D eigenvalue weighted by Crippen LogP contribution is -2.05. The van der Waals surface area contributed by atoms with Crippen LogP contribution in [0.1, 0.15) is 11.1 Å². The second-order valence-electron chi connectivity index (χ2n) is 4.00. The van der Waals surface area contributed by atoms with E-state index in [1.165, 1.54) is 18.2 Å². The van der Waals surface area contributed by atoms with Gasteiger partial charge in [-0.25, -0.2) is 9.37 Å². The van der Waals surface area contributed by atoms with Crippen LogP contribution in [0.3, 0.4) is 0 Å². The van der Waals surface area contributed by atoms with Crippen molar-refractivity contribution in [1.82, 2.24) is 4.98 Å². The maximum Gasteiger partial charge on any atom is 0.311 e. The molecule has 0 aliphatic rings. The number of anilines is 2.